The Bertz CT molecular complexity index is 833. The molecule has 0 radical (unpaired) electrons. The van der Waals surface area contributed by atoms with Crippen molar-refractivity contribution in [3.05, 3.63) is 65.5 Å². The number of amides is 1. The standard InChI is InChI=1S/C17H19FN2O2.CH4O3S/c1-12(17(19)21)20-10-13-5-7-16(8-6-13)22-11-14-3-2-4-15(18)9-14;1-5(2,3)4/h2-9,12,20H,10-11H2,1H3,(H2,19,21);1H3,(H,2,3,4)/t12-;/m1./s1. The Kier molecular flexibility index (Phi) is 8.86. The predicted octanol–water partition coefficient (Wildman–Crippen LogP) is 1.87. The highest BCUT2D eigenvalue weighted by molar-refractivity contribution is 7.85. The molecule has 0 fully saturated rings. The summed E-state index contributed by atoms with van der Waals surface area (Å²) in [5.74, 6) is 0.0529. The number of carbonyl (C=O) groups is 1. The third kappa shape index (κ3) is 11.0. The first-order valence-corrected chi connectivity index (χ1v) is 9.81. The third-order valence-corrected chi connectivity index (χ3v) is 3.26. The SMILES string of the molecule is CS(=O)(=O)O.C[C@@H](NCc1ccc(OCc2cccc(F)c2)cc1)C(N)=O. The van der Waals surface area contributed by atoms with Crippen molar-refractivity contribution in [2.45, 2.75) is 26.1 Å². The van der Waals surface area contributed by atoms with Gasteiger partial charge >= 0.3 is 0 Å². The molecular formula is C18H23FN2O5S. The van der Waals surface area contributed by atoms with E-state index >= 15 is 0 Å². The van der Waals surface area contributed by atoms with Gasteiger partial charge in [-0.15, -0.1) is 0 Å². The molecule has 0 aliphatic carbocycles. The minimum atomic E-state index is -3.67. The molecular weight excluding hydrogens is 375 g/mol. The summed E-state index contributed by atoms with van der Waals surface area (Å²) in [5, 5.41) is 3.02. The van der Waals surface area contributed by atoms with Gasteiger partial charge in [0.05, 0.1) is 12.3 Å². The summed E-state index contributed by atoms with van der Waals surface area (Å²) in [7, 11) is -3.67. The van der Waals surface area contributed by atoms with Crippen LogP contribution in [0, 0.1) is 5.82 Å². The van der Waals surface area contributed by atoms with Crippen molar-refractivity contribution in [2.75, 3.05) is 6.26 Å². The molecule has 0 unspecified atom stereocenters. The van der Waals surface area contributed by atoms with E-state index in [4.69, 9.17) is 15.0 Å². The van der Waals surface area contributed by atoms with Crippen LogP contribution in [0.5, 0.6) is 5.75 Å². The number of primary amides is 1. The number of hydrogen-bond acceptors (Lipinski definition) is 5. The normalized spacial score (nSPS) is 11.9. The second kappa shape index (κ2) is 10.6. The fourth-order valence-electron chi connectivity index (χ4n) is 1.87. The van der Waals surface area contributed by atoms with E-state index < -0.39 is 10.1 Å². The molecule has 148 valence electrons. The zero-order chi connectivity index (χ0) is 20.4. The topological polar surface area (TPSA) is 119 Å². The molecule has 7 nitrogen and oxygen atoms in total. The number of ether oxygens (including phenoxy) is 1. The minimum absolute atomic E-state index is 0.272. The molecule has 1 amide bonds. The summed E-state index contributed by atoms with van der Waals surface area (Å²) in [6.45, 7) is 2.58. The number of halogens is 1. The maximum atomic E-state index is 13.1. The number of nitrogens with one attached hydrogen (secondary N) is 1. The maximum Gasteiger partial charge on any atom is 0.261 e. The van der Waals surface area contributed by atoms with Crippen molar-refractivity contribution in [1.29, 1.82) is 0 Å². The van der Waals surface area contributed by atoms with Gasteiger partial charge in [0.2, 0.25) is 5.91 Å². The molecule has 4 N–H and O–H groups in total. The fourth-order valence-corrected chi connectivity index (χ4v) is 1.87. The zero-order valence-electron chi connectivity index (χ0n) is 15.1. The van der Waals surface area contributed by atoms with Crippen molar-refractivity contribution < 1.29 is 26.9 Å². The Balaban J connectivity index is 0.000000646. The molecule has 2 rings (SSSR count). The van der Waals surface area contributed by atoms with Gasteiger partial charge in [0.25, 0.3) is 10.1 Å². The molecule has 9 heteroatoms. The largest absolute Gasteiger partial charge is 0.489 e. The Morgan fingerprint density at radius 2 is 1.81 bits per heavy atom. The minimum Gasteiger partial charge on any atom is -0.489 e. The quantitative estimate of drug-likeness (QED) is 0.613. The van der Waals surface area contributed by atoms with Crippen LogP contribution in [0.4, 0.5) is 4.39 Å². The van der Waals surface area contributed by atoms with Gasteiger partial charge in [0, 0.05) is 6.54 Å². The van der Waals surface area contributed by atoms with E-state index in [-0.39, 0.29) is 17.8 Å². The summed E-state index contributed by atoms with van der Waals surface area (Å²) >= 11 is 0. The number of benzene rings is 2. The fraction of sp³-hybridized carbons (Fsp3) is 0.278. The highest BCUT2D eigenvalue weighted by atomic mass is 32.2. The lowest BCUT2D eigenvalue weighted by Crippen LogP contribution is -2.38. The smallest absolute Gasteiger partial charge is 0.261 e. The van der Waals surface area contributed by atoms with Crippen LogP contribution in [0.1, 0.15) is 18.1 Å². The van der Waals surface area contributed by atoms with E-state index in [0.29, 0.717) is 25.2 Å². The Morgan fingerprint density at radius 1 is 1.22 bits per heavy atom. The van der Waals surface area contributed by atoms with Crippen LogP contribution in [0.2, 0.25) is 0 Å². The molecule has 0 spiro atoms. The van der Waals surface area contributed by atoms with Gasteiger partial charge in [-0.2, -0.15) is 8.42 Å². The molecule has 0 aliphatic heterocycles. The van der Waals surface area contributed by atoms with E-state index in [0.717, 1.165) is 11.1 Å². The van der Waals surface area contributed by atoms with Gasteiger partial charge < -0.3 is 15.8 Å². The molecule has 2 aromatic carbocycles. The molecule has 0 heterocycles. The summed E-state index contributed by atoms with van der Waals surface area (Å²) in [5.41, 5.74) is 6.98. The van der Waals surface area contributed by atoms with Crippen molar-refractivity contribution in [1.82, 2.24) is 5.32 Å². The van der Waals surface area contributed by atoms with Crippen molar-refractivity contribution in [3.8, 4) is 5.75 Å². The van der Waals surface area contributed by atoms with Crippen LogP contribution in [-0.2, 0) is 28.1 Å². The average Bonchev–Trinajstić information content (AvgIpc) is 2.57. The molecule has 0 saturated carbocycles. The second-order valence-electron chi connectivity index (χ2n) is 5.80. The first kappa shape index (κ1) is 22.6. The van der Waals surface area contributed by atoms with E-state index in [1.165, 1.54) is 12.1 Å². The van der Waals surface area contributed by atoms with E-state index in [1.54, 1.807) is 13.0 Å². The van der Waals surface area contributed by atoms with Gasteiger partial charge in [-0.05, 0) is 42.3 Å². The highest BCUT2D eigenvalue weighted by Crippen LogP contribution is 2.14. The molecule has 0 aromatic heterocycles. The van der Waals surface area contributed by atoms with Crippen LogP contribution < -0.4 is 15.8 Å². The van der Waals surface area contributed by atoms with Gasteiger partial charge in [-0.1, -0.05) is 24.3 Å². The first-order valence-electron chi connectivity index (χ1n) is 7.96. The van der Waals surface area contributed by atoms with E-state index in [1.807, 2.05) is 30.3 Å². The van der Waals surface area contributed by atoms with Crippen molar-refractivity contribution in [2.24, 2.45) is 5.73 Å². The third-order valence-electron chi connectivity index (χ3n) is 3.26. The second-order valence-corrected chi connectivity index (χ2v) is 7.27. The molecule has 0 aliphatic rings. The average molecular weight is 398 g/mol. The lowest BCUT2D eigenvalue weighted by atomic mass is 10.2. The molecule has 27 heavy (non-hydrogen) atoms. The number of hydrogen-bond donors (Lipinski definition) is 3. The van der Waals surface area contributed by atoms with Gasteiger partial charge in [-0.25, -0.2) is 4.39 Å². The van der Waals surface area contributed by atoms with Crippen molar-refractivity contribution in [3.63, 3.8) is 0 Å². The van der Waals surface area contributed by atoms with Gasteiger partial charge in [0.1, 0.15) is 18.2 Å². The molecule has 2 aromatic rings. The van der Waals surface area contributed by atoms with Crippen LogP contribution in [-0.4, -0.2) is 31.2 Å². The first-order chi connectivity index (χ1) is 12.5. The zero-order valence-corrected chi connectivity index (χ0v) is 15.9. The summed E-state index contributed by atoms with van der Waals surface area (Å²) in [6, 6.07) is 13.4. The van der Waals surface area contributed by atoms with Crippen LogP contribution in [0.25, 0.3) is 0 Å². The summed E-state index contributed by atoms with van der Waals surface area (Å²) in [6.07, 6.45) is 0.715. The van der Waals surface area contributed by atoms with Crippen molar-refractivity contribution >= 4 is 16.0 Å². The predicted molar refractivity (Wildman–Crippen MR) is 100 cm³/mol. The lowest BCUT2D eigenvalue weighted by Gasteiger charge is -2.11. The van der Waals surface area contributed by atoms with E-state index in [2.05, 4.69) is 5.32 Å². The Morgan fingerprint density at radius 3 is 2.33 bits per heavy atom. The maximum absolute atomic E-state index is 13.1. The van der Waals surface area contributed by atoms with Gasteiger partial charge in [0.15, 0.2) is 0 Å². The van der Waals surface area contributed by atoms with Crippen LogP contribution in [0.3, 0.4) is 0 Å². The molecule has 0 bridgehead atoms. The van der Waals surface area contributed by atoms with Gasteiger partial charge in [-0.3, -0.25) is 9.35 Å². The highest BCUT2D eigenvalue weighted by Gasteiger charge is 2.07. The Labute approximate surface area is 158 Å². The number of rotatable bonds is 7. The molecule has 0 saturated heterocycles. The van der Waals surface area contributed by atoms with Crippen LogP contribution >= 0.6 is 0 Å². The number of nitrogens with two attached hydrogens (primary N) is 1. The Hall–Kier alpha value is -2.49. The van der Waals surface area contributed by atoms with E-state index in [9.17, 15) is 17.6 Å². The lowest BCUT2D eigenvalue weighted by molar-refractivity contribution is -0.119. The summed E-state index contributed by atoms with van der Waals surface area (Å²) < 4.78 is 44.5. The number of carbonyl (C=O) groups excluding carboxylic acids is 1. The molecule has 1 atom stereocenters. The monoisotopic (exact) mass is 398 g/mol. The summed E-state index contributed by atoms with van der Waals surface area (Å²) in [4.78, 5) is 10.9. The van der Waals surface area contributed by atoms with Crippen LogP contribution in [0.15, 0.2) is 48.5 Å².